The van der Waals surface area contributed by atoms with Crippen LogP contribution in [0.1, 0.15) is 5.56 Å². The van der Waals surface area contributed by atoms with Crippen molar-refractivity contribution in [2.24, 2.45) is 0 Å². The Balaban J connectivity index is 0.000000362. The van der Waals surface area contributed by atoms with Crippen molar-refractivity contribution in [1.29, 1.82) is 0 Å². The van der Waals surface area contributed by atoms with Gasteiger partial charge in [-0.05, 0) is 30.3 Å². The second-order valence-electron chi connectivity index (χ2n) is 6.83. The zero-order valence-electron chi connectivity index (χ0n) is 17.7. The Morgan fingerprint density at radius 2 is 1.43 bits per heavy atom. The number of halogens is 7. The van der Waals surface area contributed by atoms with Crippen LogP contribution in [0.2, 0.25) is 5.02 Å². The molecule has 1 fully saturated rings. The van der Waals surface area contributed by atoms with Crippen LogP contribution in [-0.4, -0.2) is 75.7 Å². The molecule has 1 aromatic heterocycles. The second-order valence-corrected chi connectivity index (χ2v) is 7.27. The third-order valence-electron chi connectivity index (χ3n) is 4.27. The van der Waals surface area contributed by atoms with Crippen LogP contribution in [0.5, 0.6) is 5.75 Å². The van der Waals surface area contributed by atoms with Gasteiger partial charge in [0.1, 0.15) is 11.6 Å². The molecular weight excluding hydrogens is 512 g/mol. The number of pyridine rings is 1. The standard InChI is InChI=1S/C16H18ClN3O.2C2HF3O2/c17-14-4-5-15(21)13(11-14)12-19-7-9-20(10-8-19)16-3-1-2-6-18-16;2*3-2(4,5)1(6)7/h1-6,11,21H,7-10,12H2;2*(H,6,7). The molecule has 3 rings (SSSR count). The van der Waals surface area contributed by atoms with Crippen molar-refractivity contribution >= 4 is 29.4 Å². The number of carboxylic acids is 2. The fourth-order valence-electron chi connectivity index (χ4n) is 2.60. The summed E-state index contributed by atoms with van der Waals surface area (Å²) in [6.07, 6.45) is -8.34. The lowest BCUT2D eigenvalue weighted by atomic mass is 10.1. The summed E-state index contributed by atoms with van der Waals surface area (Å²) in [5.74, 6) is -4.17. The van der Waals surface area contributed by atoms with Gasteiger partial charge in [-0.2, -0.15) is 26.3 Å². The molecule has 8 nitrogen and oxygen atoms in total. The Bertz CT molecular complexity index is 944. The maximum atomic E-state index is 10.6. The maximum Gasteiger partial charge on any atom is 0.490 e. The number of alkyl halides is 6. The number of aromatic hydroxyl groups is 1. The van der Waals surface area contributed by atoms with Gasteiger partial charge >= 0.3 is 24.3 Å². The molecule has 0 spiro atoms. The van der Waals surface area contributed by atoms with Crippen LogP contribution in [0.3, 0.4) is 0 Å². The number of hydrogen-bond acceptors (Lipinski definition) is 6. The summed E-state index contributed by atoms with van der Waals surface area (Å²) in [6.45, 7) is 4.50. The third kappa shape index (κ3) is 11.1. The highest BCUT2D eigenvalue weighted by Gasteiger charge is 2.38. The number of aliphatic carboxylic acids is 2. The van der Waals surface area contributed by atoms with Crippen molar-refractivity contribution in [2.75, 3.05) is 31.1 Å². The number of aromatic nitrogens is 1. The molecule has 194 valence electrons. The minimum Gasteiger partial charge on any atom is -0.508 e. The molecule has 0 atom stereocenters. The summed E-state index contributed by atoms with van der Waals surface area (Å²) in [5, 5.41) is 24.8. The van der Waals surface area contributed by atoms with Gasteiger partial charge in [0.05, 0.1) is 0 Å². The van der Waals surface area contributed by atoms with E-state index in [0.717, 1.165) is 44.1 Å². The summed E-state index contributed by atoms with van der Waals surface area (Å²) in [4.78, 5) is 26.8. The number of rotatable bonds is 3. The van der Waals surface area contributed by atoms with E-state index in [2.05, 4.69) is 14.8 Å². The molecule has 0 amide bonds. The fraction of sp³-hybridized carbons (Fsp3) is 0.350. The van der Waals surface area contributed by atoms with E-state index in [9.17, 15) is 31.4 Å². The Morgan fingerprint density at radius 1 is 0.914 bits per heavy atom. The minimum absolute atomic E-state index is 0.312. The van der Waals surface area contributed by atoms with E-state index in [0.29, 0.717) is 10.8 Å². The van der Waals surface area contributed by atoms with Gasteiger partial charge in [-0.1, -0.05) is 17.7 Å². The van der Waals surface area contributed by atoms with Crippen molar-refractivity contribution in [2.45, 2.75) is 18.9 Å². The van der Waals surface area contributed by atoms with E-state index in [1.165, 1.54) is 0 Å². The van der Waals surface area contributed by atoms with E-state index >= 15 is 0 Å². The van der Waals surface area contributed by atoms with Crippen molar-refractivity contribution in [3.63, 3.8) is 0 Å². The van der Waals surface area contributed by atoms with Crippen LogP contribution in [0, 0.1) is 0 Å². The van der Waals surface area contributed by atoms with Crippen LogP contribution >= 0.6 is 11.6 Å². The minimum atomic E-state index is -5.08. The molecule has 1 aromatic carbocycles. The number of benzene rings is 1. The first-order valence-corrected chi connectivity index (χ1v) is 9.95. The normalized spacial score (nSPS) is 14.2. The smallest absolute Gasteiger partial charge is 0.490 e. The van der Waals surface area contributed by atoms with Crippen molar-refractivity contribution in [1.82, 2.24) is 9.88 Å². The molecule has 1 saturated heterocycles. The van der Waals surface area contributed by atoms with Gasteiger partial charge in [0.25, 0.3) is 0 Å². The first-order chi connectivity index (χ1) is 16.1. The Hall–Kier alpha value is -3.26. The predicted molar refractivity (Wildman–Crippen MR) is 112 cm³/mol. The van der Waals surface area contributed by atoms with Crippen molar-refractivity contribution in [3.05, 3.63) is 53.2 Å². The second kappa shape index (κ2) is 13.0. The average Bonchev–Trinajstić information content (AvgIpc) is 2.77. The molecule has 0 unspecified atom stereocenters. The average molecular weight is 532 g/mol. The van der Waals surface area contributed by atoms with E-state index in [1.807, 2.05) is 30.5 Å². The zero-order valence-corrected chi connectivity index (χ0v) is 18.5. The monoisotopic (exact) mass is 531 g/mol. The molecule has 0 aliphatic carbocycles. The highest BCUT2D eigenvalue weighted by molar-refractivity contribution is 6.30. The number of carboxylic acid groups (broad SMARTS) is 2. The Kier molecular flexibility index (Phi) is 11.1. The summed E-state index contributed by atoms with van der Waals surface area (Å²) in [6, 6.07) is 11.2. The van der Waals surface area contributed by atoms with Gasteiger partial charge in [-0.3, -0.25) is 4.90 Å². The zero-order chi connectivity index (χ0) is 26.8. The predicted octanol–water partition coefficient (Wildman–Crippen LogP) is 4.03. The van der Waals surface area contributed by atoms with E-state index < -0.39 is 24.3 Å². The first kappa shape index (κ1) is 29.8. The molecule has 1 aliphatic rings. The van der Waals surface area contributed by atoms with Gasteiger partial charge in [0.2, 0.25) is 0 Å². The Labute approximate surface area is 200 Å². The van der Waals surface area contributed by atoms with Gasteiger partial charge in [0.15, 0.2) is 0 Å². The third-order valence-corrected chi connectivity index (χ3v) is 4.50. The molecule has 0 saturated carbocycles. The van der Waals surface area contributed by atoms with Crippen LogP contribution in [-0.2, 0) is 16.1 Å². The Morgan fingerprint density at radius 3 is 1.86 bits per heavy atom. The number of phenols is 1. The molecule has 0 radical (unpaired) electrons. The van der Waals surface area contributed by atoms with Crippen LogP contribution in [0.4, 0.5) is 32.2 Å². The number of carbonyl (C=O) groups is 2. The lowest BCUT2D eigenvalue weighted by molar-refractivity contribution is -0.193. The lowest BCUT2D eigenvalue weighted by Gasteiger charge is -2.35. The fourth-order valence-corrected chi connectivity index (χ4v) is 2.79. The van der Waals surface area contributed by atoms with Crippen LogP contribution in [0.15, 0.2) is 42.6 Å². The van der Waals surface area contributed by atoms with Crippen molar-refractivity contribution in [3.8, 4) is 5.75 Å². The molecule has 1 aliphatic heterocycles. The lowest BCUT2D eigenvalue weighted by Crippen LogP contribution is -2.46. The van der Waals surface area contributed by atoms with Gasteiger partial charge < -0.3 is 20.2 Å². The van der Waals surface area contributed by atoms with Crippen LogP contribution in [0.25, 0.3) is 0 Å². The molecule has 0 bridgehead atoms. The molecule has 3 N–H and O–H groups in total. The highest BCUT2D eigenvalue weighted by atomic mass is 35.5. The van der Waals surface area contributed by atoms with Crippen LogP contribution < -0.4 is 4.90 Å². The number of nitrogens with zero attached hydrogens (tertiary/aromatic N) is 3. The summed E-state index contributed by atoms with van der Waals surface area (Å²) < 4.78 is 63.5. The van der Waals surface area contributed by atoms with Gasteiger partial charge in [-0.15, -0.1) is 0 Å². The summed E-state index contributed by atoms with van der Waals surface area (Å²) in [7, 11) is 0. The largest absolute Gasteiger partial charge is 0.508 e. The topological polar surface area (TPSA) is 114 Å². The van der Waals surface area contributed by atoms with E-state index in [4.69, 9.17) is 31.4 Å². The maximum absolute atomic E-state index is 10.6. The molecule has 15 heteroatoms. The van der Waals surface area contributed by atoms with E-state index in [-0.39, 0.29) is 0 Å². The van der Waals surface area contributed by atoms with E-state index in [1.54, 1.807) is 12.1 Å². The molecular formula is C20H20ClF6N3O5. The molecule has 2 heterocycles. The first-order valence-electron chi connectivity index (χ1n) is 9.57. The number of piperazine rings is 1. The van der Waals surface area contributed by atoms with Crippen molar-refractivity contribution < 1.29 is 51.3 Å². The summed E-state index contributed by atoms with van der Waals surface area (Å²) >= 11 is 5.99. The number of phenolic OH excluding ortho intramolecular Hbond substituents is 1. The van der Waals surface area contributed by atoms with Gasteiger partial charge in [-0.25, -0.2) is 14.6 Å². The summed E-state index contributed by atoms with van der Waals surface area (Å²) in [5.41, 5.74) is 0.883. The quantitative estimate of drug-likeness (QED) is 0.509. The highest BCUT2D eigenvalue weighted by Crippen LogP contribution is 2.24. The molecule has 2 aromatic rings. The number of hydrogen-bond donors (Lipinski definition) is 3. The molecule has 35 heavy (non-hydrogen) atoms. The number of anilines is 1. The van der Waals surface area contributed by atoms with Gasteiger partial charge in [0, 0.05) is 49.5 Å². The SMILES string of the molecule is O=C(O)C(F)(F)F.O=C(O)C(F)(F)F.Oc1ccc(Cl)cc1CN1CCN(c2ccccn2)CC1.